The summed E-state index contributed by atoms with van der Waals surface area (Å²) in [5, 5.41) is 2.78. The maximum atomic E-state index is 13.0. The summed E-state index contributed by atoms with van der Waals surface area (Å²) < 4.78 is 0. The van der Waals surface area contributed by atoms with Crippen molar-refractivity contribution in [3.63, 3.8) is 0 Å². The van der Waals surface area contributed by atoms with Crippen LogP contribution in [0.4, 0.5) is 11.4 Å². The second-order valence-corrected chi connectivity index (χ2v) is 7.82. The van der Waals surface area contributed by atoms with Gasteiger partial charge in [-0.25, -0.2) is 4.90 Å². The summed E-state index contributed by atoms with van der Waals surface area (Å²) >= 11 is 0. The summed E-state index contributed by atoms with van der Waals surface area (Å²) in [5.74, 6) is -1.71. The van der Waals surface area contributed by atoms with Crippen molar-refractivity contribution >= 4 is 34.9 Å². The van der Waals surface area contributed by atoms with E-state index in [9.17, 15) is 19.2 Å². The second-order valence-electron chi connectivity index (χ2n) is 7.82. The Morgan fingerprint density at radius 2 is 1.63 bits per heavy atom. The highest BCUT2D eigenvalue weighted by molar-refractivity contribution is 6.25. The summed E-state index contributed by atoms with van der Waals surface area (Å²) in [6.07, 6.45) is 3.14. The summed E-state index contributed by atoms with van der Waals surface area (Å²) in [6, 6.07) is 13.2. The Labute approximate surface area is 174 Å². The molecule has 0 aromatic heterocycles. The highest BCUT2D eigenvalue weighted by Gasteiger charge is 2.49. The van der Waals surface area contributed by atoms with Crippen LogP contribution >= 0.6 is 0 Å². The van der Waals surface area contributed by atoms with E-state index in [2.05, 4.69) is 5.32 Å². The molecular weight excluding hydrogens is 380 g/mol. The molecule has 2 aliphatic rings. The van der Waals surface area contributed by atoms with Gasteiger partial charge in [-0.15, -0.1) is 0 Å². The fraction of sp³-hybridized carbons (Fsp3) is 0.250. The van der Waals surface area contributed by atoms with E-state index in [0.29, 0.717) is 29.8 Å². The van der Waals surface area contributed by atoms with Crippen LogP contribution in [0.3, 0.4) is 0 Å². The van der Waals surface area contributed by atoms with Gasteiger partial charge in [0.1, 0.15) is 0 Å². The number of benzene rings is 2. The topological polar surface area (TPSA) is 83.6 Å². The van der Waals surface area contributed by atoms with Crippen molar-refractivity contribution in [2.45, 2.75) is 26.7 Å². The summed E-state index contributed by atoms with van der Waals surface area (Å²) in [6.45, 7) is 3.44. The molecule has 0 saturated carbocycles. The molecule has 2 atom stereocenters. The number of nitrogens with one attached hydrogen (secondary N) is 1. The van der Waals surface area contributed by atoms with Crippen molar-refractivity contribution in [2.24, 2.45) is 11.8 Å². The maximum absolute atomic E-state index is 13.0. The zero-order valence-corrected chi connectivity index (χ0v) is 16.8. The highest BCUT2D eigenvalue weighted by atomic mass is 16.2. The van der Waals surface area contributed by atoms with Crippen molar-refractivity contribution in [3.05, 3.63) is 71.3 Å². The van der Waals surface area contributed by atoms with Gasteiger partial charge in [0.25, 0.3) is 5.91 Å². The number of carbonyl (C=O) groups is 4. The molecule has 0 unspecified atom stereocenters. The van der Waals surface area contributed by atoms with Crippen LogP contribution < -0.4 is 10.2 Å². The molecule has 1 aliphatic heterocycles. The van der Waals surface area contributed by atoms with Crippen LogP contribution in [-0.4, -0.2) is 23.5 Å². The van der Waals surface area contributed by atoms with E-state index in [1.165, 1.54) is 11.8 Å². The number of anilines is 2. The van der Waals surface area contributed by atoms with Crippen molar-refractivity contribution < 1.29 is 19.2 Å². The Morgan fingerprint density at radius 1 is 0.967 bits per heavy atom. The number of para-hydroxylation sites is 1. The van der Waals surface area contributed by atoms with E-state index < -0.39 is 5.91 Å². The Balaban J connectivity index is 1.61. The molecule has 3 amide bonds. The van der Waals surface area contributed by atoms with Crippen molar-refractivity contribution in [2.75, 3.05) is 10.2 Å². The molecule has 1 aliphatic carbocycles. The van der Waals surface area contributed by atoms with Gasteiger partial charge in [-0.05, 0) is 63.1 Å². The first kappa shape index (κ1) is 19.8. The standard InChI is InChI=1S/C24H22N2O4/c1-14-7-12-18-20(13-14)24(30)26(23(18)29)21-6-4-3-5-19(21)22(28)25-17-10-8-16(9-11-17)15(2)27/h3-11,18,20H,12-13H2,1-2H3,(H,25,28)/t18-,20+/m0/s1. The third kappa shape index (κ3) is 3.45. The Kier molecular flexibility index (Phi) is 5.08. The molecule has 0 spiro atoms. The first-order chi connectivity index (χ1) is 14.4. The molecule has 1 saturated heterocycles. The molecule has 2 aromatic rings. The Hall–Kier alpha value is -3.54. The fourth-order valence-corrected chi connectivity index (χ4v) is 4.12. The van der Waals surface area contributed by atoms with Crippen LogP contribution in [-0.2, 0) is 9.59 Å². The number of imide groups is 1. The van der Waals surface area contributed by atoms with Gasteiger partial charge in [0.15, 0.2) is 5.78 Å². The smallest absolute Gasteiger partial charge is 0.257 e. The lowest BCUT2D eigenvalue weighted by Gasteiger charge is -2.19. The number of nitrogens with zero attached hydrogens (tertiary/aromatic N) is 1. The Bertz CT molecular complexity index is 1080. The predicted molar refractivity (Wildman–Crippen MR) is 113 cm³/mol. The third-order valence-electron chi connectivity index (χ3n) is 5.76. The maximum Gasteiger partial charge on any atom is 0.257 e. The van der Waals surface area contributed by atoms with Crippen molar-refractivity contribution in [3.8, 4) is 0 Å². The number of fused-ring (bicyclic) bond motifs is 1. The summed E-state index contributed by atoms with van der Waals surface area (Å²) in [5.41, 5.74) is 2.73. The molecule has 1 fully saturated rings. The number of Topliss-reactive ketones (excluding diaryl/α,β-unsaturated/α-hetero) is 1. The highest BCUT2D eigenvalue weighted by Crippen LogP contribution is 2.40. The zero-order valence-electron chi connectivity index (χ0n) is 16.8. The van der Waals surface area contributed by atoms with Crippen LogP contribution in [0.5, 0.6) is 0 Å². The molecule has 4 rings (SSSR count). The summed E-state index contributed by atoms with van der Waals surface area (Å²) in [4.78, 5) is 51.6. The molecule has 1 heterocycles. The van der Waals surface area contributed by atoms with Crippen LogP contribution in [0.2, 0.25) is 0 Å². The molecule has 2 aromatic carbocycles. The molecule has 0 bridgehead atoms. The lowest BCUT2D eigenvalue weighted by atomic mass is 9.82. The van der Waals surface area contributed by atoms with Crippen molar-refractivity contribution in [1.29, 1.82) is 0 Å². The normalized spacial score (nSPS) is 20.6. The molecule has 30 heavy (non-hydrogen) atoms. The number of amides is 3. The van der Waals surface area contributed by atoms with E-state index >= 15 is 0 Å². The lowest BCUT2D eigenvalue weighted by molar-refractivity contribution is -0.122. The molecule has 0 radical (unpaired) electrons. The monoisotopic (exact) mass is 402 g/mol. The van der Waals surface area contributed by atoms with Gasteiger partial charge < -0.3 is 5.32 Å². The van der Waals surface area contributed by atoms with Gasteiger partial charge >= 0.3 is 0 Å². The van der Waals surface area contributed by atoms with E-state index in [4.69, 9.17) is 0 Å². The average molecular weight is 402 g/mol. The third-order valence-corrected chi connectivity index (χ3v) is 5.76. The van der Waals surface area contributed by atoms with Crippen LogP contribution in [0.1, 0.15) is 47.4 Å². The van der Waals surface area contributed by atoms with E-state index in [0.717, 1.165) is 5.57 Å². The quantitative estimate of drug-likeness (QED) is 0.476. The van der Waals surface area contributed by atoms with E-state index in [1.807, 2.05) is 13.0 Å². The van der Waals surface area contributed by atoms with Crippen LogP contribution in [0, 0.1) is 11.8 Å². The van der Waals surface area contributed by atoms with Gasteiger partial charge in [-0.1, -0.05) is 23.8 Å². The number of carbonyl (C=O) groups excluding carboxylic acids is 4. The minimum absolute atomic E-state index is 0.0597. The first-order valence-electron chi connectivity index (χ1n) is 9.91. The largest absolute Gasteiger partial charge is 0.322 e. The lowest BCUT2D eigenvalue weighted by Crippen LogP contribution is -2.33. The molecule has 1 N–H and O–H groups in total. The number of ketones is 1. The van der Waals surface area contributed by atoms with Gasteiger partial charge in [-0.3, -0.25) is 19.2 Å². The number of hydrogen-bond acceptors (Lipinski definition) is 4. The molecular formula is C24H22N2O4. The first-order valence-corrected chi connectivity index (χ1v) is 9.91. The van der Waals surface area contributed by atoms with E-state index in [-0.39, 0.29) is 35.0 Å². The van der Waals surface area contributed by atoms with E-state index in [1.54, 1.807) is 48.5 Å². The van der Waals surface area contributed by atoms with Gasteiger partial charge in [0.2, 0.25) is 11.8 Å². The molecule has 6 nitrogen and oxygen atoms in total. The van der Waals surface area contributed by atoms with Crippen LogP contribution in [0.25, 0.3) is 0 Å². The minimum Gasteiger partial charge on any atom is -0.322 e. The van der Waals surface area contributed by atoms with Gasteiger partial charge in [0.05, 0.1) is 23.1 Å². The average Bonchev–Trinajstić information content (AvgIpc) is 2.98. The number of rotatable bonds is 4. The number of allylic oxidation sites excluding steroid dienone is 2. The molecule has 6 heteroatoms. The SMILES string of the molecule is CC(=O)c1ccc(NC(=O)c2ccccc2N2C(=O)[C@H]3CC=C(C)C[C@H]3C2=O)cc1. The minimum atomic E-state index is -0.425. The Morgan fingerprint density at radius 3 is 2.33 bits per heavy atom. The zero-order chi connectivity index (χ0) is 21.4. The van der Waals surface area contributed by atoms with Crippen LogP contribution in [0.15, 0.2) is 60.2 Å². The van der Waals surface area contributed by atoms with Gasteiger partial charge in [0, 0.05) is 11.3 Å². The number of hydrogen-bond donors (Lipinski definition) is 1. The summed E-state index contributed by atoms with van der Waals surface area (Å²) in [7, 11) is 0. The molecule has 152 valence electrons. The fourth-order valence-electron chi connectivity index (χ4n) is 4.12. The second kappa shape index (κ2) is 7.71. The predicted octanol–water partition coefficient (Wildman–Crippen LogP) is 3.99. The van der Waals surface area contributed by atoms with Crippen molar-refractivity contribution in [1.82, 2.24) is 0 Å². The van der Waals surface area contributed by atoms with Gasteiger partial charge in [-0.2, -0.15) is 0 Å².